The van der Waals surface area contributed by atoms with Crippen LogP contribution in [0.5, 0.6) is 11.5 Å². The van der Waals surface area contributed by atoms with Gasteiger partial charge in [0.1, 0.15) is 11.5 Å². The van der Waals surface area contributed by atoms with Gasteiger partial charge in [-0.15, -0.1) is 0 Å². The minimum absolute atomic E-state index is 0.104. The summed E-state index contributed by atoms with van der Waals surface area (Å²) < 4.78 is 6.95. The van der Waals surface area contributed by atoms with E-state index < -0.39 is 0 Å². The lowest BCUT2D eigenvalue weighted by molar-refractivity contribution is 0.469. The fourth-order valence-corrected chi connectivity index (χ4v) is 2.86. The Kier molecular flexibility index (Phi) is 5.68. The molecule has 0 saturated heterocycles. The standard InChI is InChI=1S/C17H19BrClNO/c1-3-13(20)10-12-5-4-6-15(19)17(12)21-16-8-7-11(2)9-14(16)18/h4-9,13H,3,10,20H2,1-2H3. The van der Waals surface area contributed by atoms with Crippen LogP contribution in [-0.2, 0) is 6.42 Å². The van der Waals surface area contributed by atoms with Crippen LogP contribution in [0.1, 0.15) is 24.5 Å². The van der Waals surface area contributed by atoms with Crippen molar-refractivity contribution in [3.8, 4) is 11.5 Å². The molecular formula is C17H19BrClNO. The Labute approximate surface area is 139 Å². The first-order valence-corrected chi connectivity index (χ1v) is 8.15. The first-order chi connectivity index (χ1) is 10.0. The predicted octanol–water partition coefficient (Wildman–Crippen LogP) is 5.48. The highest BCUT2D eigenvalue weighted by Crippen LogP contribution is 2.37. The van der Waals surface area contributed by atoms with Crippen molar-refractivity contribution in [1.29, 1.82) is 0 Å². The van der Waals surface area contributed by atoms with Crippen molar-refractivity contribution in [2.45, 2.75) is 32.7 Å². The van der Waals surface area contributed by atoms with E-state index in [1.54, 1.807) is 0 Å². The topological polar surface area (TPSA) is 35.2 Å². The Morgan fingerprint density at radius 3 is 2.71 bits per heavy atom. The molecule has 2 rings (SSSR count). The lowest BCUT2D eigenvalue weighted by atomic mass is 10.0. The van der Waals surface area contributed by atoms with E-state index in [0.29, 0.717) is 10.8 Å². The third-order valence-electron chi connectivity index (χ3n) is 3.35. The molecule has 0 heterocycles. The van der Waals surface area contributed by atoms with E-state index in [2.05, 4.69) is 22.9 Å². The summed E-state index contributed by atoms with van der Waals surface area (Å²) in [7, 11) is 0. The maximum atomic E-state index is 6.31. The SMILES string of the molecule is CCC(N)Cc1cccc(Cl)c1Oc1ccc(C)cc1Br. The molecule has 0 radical (unpaired) electrons. The maximum Gasteiger partial charge on any atom is 0.149 e. The molecule has 112 valence electrons. The lowest BCUT2D eigenvalue weighted by Gasteiger charge is -2.16. The first-order valence-electron chi connectivity index (χ1n) is 6.98. The number of nitrogens with two attached hydrogens (primary N) is 1. The highest BCUT2D eigenvalue weighted by atomic mass is 79.9. The summed E-state index contributed by atoms with van der Waals surface area (Å²) in [6.07, 6.45) is 1.66. The number of hydrogen-bond acceptors (Lipinski definition) is 2. The molecule has 1 atom stereocenters. The van der Waals surface area contributed by atoms with Crippen LogP contribution >= 0.6 is 27.5 Å². The number of rotatable bonds is 5. The summed E-state index contributed by atoms with van der Waals surface area (Å²) in [5.41, 5.74) is 8.26. The smallest absolute Gasteiger partial charge is 0.149 e. The molecule has 0 saturated carbocycles. The second kappa shape index (κ2) is 7.30. The molecular weight excluding hydrogens is 350 g/mol. The molecule has 2 aromatic carbocycles. The van der Waals surface area contributed by atoms with Crippen molar-refractivity contribution in [1.82, 2.24) is 0 Å². The molecule has 0 spiro atoms. The monoisotopic (exact) mass is 367 g/mol. The van der Waals surface area contributed by atoms with E-state index in [1.807, 2.05) is 43.3 Å². The van der Waals surface area contributed by atoms with Gasteiger partial charge in [-0.25, -0.2) is 0 Å². The maximum absolute atomic E-state index is 6.31. The van der Waals surface area contributed by atoms with Crippen LogP contribution in [0, 0.1) is 6.92 Å². The van der Waals surface area contributed by atoms with Crippen molar-refractivity contribution in [3.63, 3.8) is 0 Å². The highest BCUT2D eigenvalue weighted by Gasteiger charge is 2.13. The van der Waals surface area contributed by atoms with Gasteiger partial charge in [0, 0.05) is 6.04 Å². The van der Waals surface area contributed by atoms with Gasteiger partial charge >= 0.3 is 0 Å². The molecule has 0 fully saturated rings. The third kappa shape index (κ3) is 4.22. The summed E-state index contributed by atoms with van der Waals surface area (Å²) in [6, 6.07) is 11.8. The van der Waals surface area contributed by atoms with Gasteiger partial charge in [-0.2, -0.15) is 0 Å². The minimum Gasteiger partial charge on any atom is -0.454 e. The molecule has 0 amide bonds. The fraction of sp³-hybridized carbons (Fsp3) is 0.294. The molecule has 2 aromatic rings. The molecule has 4 heteroatoms. The zero-order chi connectivity index (χ0) is 15.4. The molecule has 2 nitrogen and oxygen atoms in total. The second-order valence-electron chi connectivity index (χ2n) is 5.14. The van der Waals surface area contributed by atoms with Crippen LogP contribution in [0.2, 0.25) is 5.02 Å². The number of hydrogen-bond donors (Lipinski definition) is 1. The van der Waals surface area contributed by atoms with Crippen LogP contribution in [0.25, 0.3) is 0 Å². The van der Waals surface area contributed by atoms with Crippen molar-refractivity contribution < 1.29 is 4.74 Å². The number of halogens is 2. The molecule has 21 heavy (non-hydrogen) atoms. The minimum atomic E-state index is 0.104. The Bertz CT molecular complexity index is 630. The fourth-order valence-electron chi connectivity index (χ4n) is 2.05. The zero-order valence-electron chi connectivity index (χ0n) is 12.2. The van der Waals surface area contributed by atoms with E-state index >= 15 is 0 Å². The van der Waals surface area contributed by atoms with Crippen LogP contribution in [0.3, 0.4) is 0 Å². The van der Waals surface area contributed by atoms with Crippen LogP contribution in [0.4, 0.5) is 0 Å². The van der Waals surface area contributed by atoms with Crippen LogP contribution in [-0.4, -0.2) is 6.04 Å². The van der Waals surface area contributed by atoms with E-state index in [0.717, 1.165) is 28.6 Å². The van der Waals surface area contributed by atoms with Crippen LogP contribution < -0.4 is 10.5 Å². The van der Waals surface area contributed by atoms with Gasteiger partial charge in [-0.1, -0.05) is 36.7 Å². The molecule has 2 N–H and O–H groups in total. The van der Waals surface area contributed by atoms with Gasteiger partial charge in [-0.05, 0) is 65.0 Å². The molecule has 0 aliphatic heterocycles. The van der Waals surface area contributed by atoms with Crippen molar-refractivity contribution in [3.05, 3.63) is 57.0 Å². The number of aryl methyl sites for hydroxylation is 1. The summed E-state index contributed by atoms with van der Waals surface area (Å²) in [5.74, 6) is 1.44. The summed E-state index contributed by atoms with van der Waals surface area (Å²) in [4.78, 5) is 0. The molecule has 0 aliphatic rings. The predicted molar refractivity (Wildman–Crippen MR) is 92.4 cm³/mol. The Morgan fingerprint density at radius 1 is 1.29 bits per heavy atom. The Hall–Kier alpha value is -1.03. The van der Waals surface area contributed by atoms with E-state index in [4.69, 9.17) is 22.1 Å². The third-order valence-corrected chi connectivity index (χ3v) is 4.27. The van der Waals surface area contributed by atoms with Gasteiger partial charge in [0.25, 0.3) is 0 Å². The van der Waals surface area contributed by atoms with Crippen molar-refractivity contribution >= 4 is 27.5 Å². The average molecular weight is 369 g/mol. The van der Waals surface area contributed by atoms with Gasteiger partial charge in [-0.3, -0.25) is 0 Å². The summed E-state index contributed by atoms with van der Waals surface area (Å²) >= 11 is 9.83. The number of benzene rings is 2. The Morgan fingerprint density at radius 2 is 2.05 bits per heavy atom. The summed E-state index contributed by atoms with van der Waals surface area (Å²) in [5, 5.41) is 0.600. The number of para-hydroxylation sites is 1. The first kappa shape index (κ1) is 16.3. The molecule has 0 bridgehead atoms. The Balaban J connectivity index is 2.34. The van der Waals surface area contributed by atoms with Gasteiger partial charge in [0.15, 0.2) is 0 Å². The average Bonchev–Trinajstić information content (AvgIpc) is 2.44. The lowest BCUT2D eigenvalue weighted by Crippen LogP contribution is -2.21. The van der Waals surface area contributed by atoms with E-state index in [-0.39, 0.29) is 6.04 Å². The molecule has 1 unspecified atom stereocenters. The van der Waals surface area contributed by atoms with Crippen LogP contribution in [0.15, 0.2) is 40.9 Å². The van der Waals surface area contributed by atoms with Crippen molar-refractivity contribution in [2.75, 3.05) is 0 Å². The molecule has 0 aliphatic carbocycles. The van der Waals surface area contributed by atoms with Gasteiger partial charge in [0.05, 0.1) is 9.50 Å². The van der Waals surface area contributed by atoms with E-state index in [1.165, 1.54) is 5.56 Å². The number of ether oxygens (including phenoxy) is 1. The highest BCUT2D eigenvalue weighted by molar-refractivity contribution is 9.10. The van der Waals surface area contributed by atoms with Gasteiger partial charge < -0.3 is 10.5 Å². The zero-order valence-corrected chi connectivity index (χ0v) is 14.5. The summed E-state index contributed by atoms with van der Waals surface area (Å²) in [6.45, 7) is 4.11. The largest absolute Gasteiger partial charge is 0.454 e. The normalized spacial score (nSPS) is 12.2. The second-order valence-corrected chi connectivity index (χ2v) is 6.40. The molecule has 0 aromatic heterocycles. The van der Waals surface area contributed by atoms with Crippen molar-refractivity contribution in [2.24, 2.45) is 5.73 Å². The van der Waals surface area contributed by atoms with Gasteiger partial charge in [0.2, 0.25) is 0 Å². The quantitative estimate of drug-likeness (QED) is 0.758. The van der Waals surface area contributed by atoms with E-state index in [9.17, 15) is 0 Å².